The van der Waals surface area contributed by atoms with Crippen LogP contribution in [-0.4, -0.2) is 6.05 Å². The Morgan fingerprint density at radius 1 is 0.750 bits per heavy atom. The molecule has 0 aliphatic carbocycles. The Hall–Kier alpha value is -1.88. The molecule has 2 aromatic carbocycles. The van der Waals surface area contributed by atoms with E-state index in [1.54, 1.807) is 44.2 Å². The van der Waals surface area contributed by atoms with E-state index in [1.807, 2.05) is 5.32 Å². The van der Waals surface area contributed by atoms with Crippen molar-refractivity contribution >= 4 is 0 Å². The highest BCUT2D eigenvalue weighted by molar-refractivity contribution is 5.27. The van der Waals surface area contributed by atoms with Crippen molar-refractivity contribution in [3.8, 4) is 0 Å². The van der Waals surface area contributed by atoms with Crippen LogP contribution in [0.15, 0.2) is 60.7 Å². The zero-order valence-corrected chi connectivity index (χ0v) is 13.9. The molecule has 0 spiro atoms. The topological polar surface area (TPSA) is 12.0 Å². The molecule has 1 atom stereocenters. The Labute approximate surface area is 139 Å². The molecule has 1 unspecified atom stereocenters. The van der Waals surface area contributed by atoms with Crippen molar-refractivity contribution in [2.24, 2.45) is 5.92 Å². The van der Waals surface area contributed by atoms with E-state index >= 15 is 0 Å². The fourth-order valence-electron chi connectivity index (χ4n) is 2.57. The zero-order valence-electron chi connectivity index (χ0n) is 13.9. The van der Waals surface area contributed by atoms with Crippen LogP contribution in [0.2, 0.25) is 0 Å². The number of benzene rings is 2. The van der Waals surface area contributed by atoms with Gasteiger partial charge in [-0.3, -0.25) is 0 Å². The predicted octanol–water partition coefficient (Wildman–Crippen LogP) is 5.53. The first kappa shape index (κ1) is 18.5. The van der Waals surface area contributed by atoms with Crippen LogP contribution < -0.4 is 5.32 Å². The minimum absolute atomic E-state index is 0.336. The third-order valence-electron chi connectivity index (χ3n) is 4.48. The maximum atomic E-state index is 14.6. The van der Waals surface area contributed by atoms with Crippen molar-refractivity contribution in [2.75, 3.05) is 0 Å². The quantitative estimate of drug-likeness (QED) is 0.539. The van der Waals surface area contributed by atoms with Crippen LogP contribution >= 0.6 is 0 Å². The van der Waals surface area contributed by atoms with Gasteiger partial charge in [-0.15, -0.1) is 0 Å². The molecule has 0 aliphatic heterocycles. The SMILES string of the molecule is CC(C)C(C)(NC(F)(F)C(F)(F)c1ccccc1)c1ccccc1. The first-order valence-electron chi connectivity index (χ1n) is 7.77. The Balaban J connectivity index is 2.41. The van der Waals surface area contributed by atoms with Gasteiger partial charge in [-0.05, 0) is 18.4 Å². The molecule has 0 saturated heterocycles. The molecule has 0 amide bonds. The van der Waals surface area contributed by atoms with Crippen molar-refractivity contribution in [3.63, 3.8) is 0 Å². The van der Waals surface area contributed by atoms with Crippen molar-refractivity contribution in [1.82, 2.24) is 5.32 Å². The third kappa shape index (κ3) is 3.31. The first-order valence-corrected chi connectivity index (χ1v) is 7.77. The molecule has 0 saturated carbocycles. The van der Waals surface area contributed by atoms with E-state index in [2.05, 4.69) is 0 Å². The third-order valence-corrected chi connectivity index (χ3v) is 4.48. The van der Waals surface area contributed by atoms with Gasteiger partial charge in [0, 0.05) is 11.1 Å². The molecule has 0 bridgehead atoms. The van der Waals surface area contributed by atoms with Gasteiger partial charge in [0.1, 0.15) is 0 Å². The highest BCUT2D eigenvalue weighted by Crippen LogP contribution is 2.44. The van der Waals surface area contributed by atoms with Gasteiger partial charge in [-0.1, -0.05) is 74.5 Å². The second kappa shape index (κ2) is 6.55. The van der Waals surface area contributed by atoms with E-state index in [-0.39, 0.29) is 5.92 Å². The Morgan fingerprint density at radius 3 is 1.58 bits per heavy atom. The summed E-state index contributed by atoms with van der Waals surface area (Å²) < 4.78 is 58.0. The second-order valence-electron chi connectivity index (χ2n) is 6.36. The van der Waals surface area contributed by atoms with E-state index in [0.29, 0.717) is 5.56 Å². The number of halogens is 4. The molecule has 1 N–H and O–H groups in total. The van der Waals surface area contributed by atoms with Crippen molar-refractivity contribution in [2.45, 2.75) is 38.3 Å². The lowest BCUT2D eigenvalue weighted by Crippen LogP contribution is -2.59. The lowest BCUT2D eigenvalue weighted by Gasteiger charge is -2.41. The molecule has 0 aliphatic rings. The Morgan fingerprint density at radius 2 is 1.17 bits per heavy atom. The van der Waals surface area contributed by atoms with Crippen LogP contribution in [0.25, 0.3) is 0 Å². The number of hydrogen-bond donors (Lipinski definition) is 1. The number of rotatable bonds is 6. The van der Waals surface area contributed by atoms with Crippen LogP contribution in [0, 0.1) is 5.92 Å². The van der Waals surface area contributed by atoms with Crippen LogP contribution in [0.3, 0.4) is 0 Å². The predicted molar refractivity (Wildman–Crippen MR) is 87.1 cm³/mol. The van der Waals surface area contributed by atoms with Crippen molar-refractivity contribution in [1.29, 1.82) is 0 Å². The molecule has 0 aromatic heterocycles. The van der Waals surface area contributed by atoms with Crippen molar-refractivity contribution < 1.29 is 17.6 Å². The lowest BCUT2D eigenvalue weighted by atomic mass is 9.81. The van der Waals surface area contributed by atoms with Crippen LogP contribution in [-0.2, 0) is 11.5 Å². The largest absolute Gasteiger partial charge is 0.370 e. The lowest BCUT2D eigenvalue weighted by molar-refractivity contribution is -0.246. The average molecular weight is 339 g/mol. The minimum atomic E-state index is -4.41. The molecule has 2 aromatic rings. The van der Waals surface area contributed by atoms with Gasteiger partial charge in [0.2, 0.25) is 0 Å². The van der Waals surface area contributed by atoms with Gasteiger partial charge in [0.25, 0.3) is 0 Å². The number of nitrogens with one attached hydrogen (secondary N) is 1. The number of hydrogen-bond acceptors (Lipinski definition) is 1. The summed E-state index contributed by atoms with van der Waals surface area (Å²) in [6.07, 6.45) is 0. The molecular weight excluding hydrogens is 318 g/mol. The van der Waals surface area contributed by atoms with Gasteiger partial charge in [-0.2, -0.15) is 17.6 Å². The van der Waals surface area contributed by atoms with E-state index in [1.165, 1.54) is 25.1 Å². The van der Waals surface area contributed by atoms with Gasteiger partial charge in [-0.25, -0.2) is 5.32 Å². The summed E-state index contributed by atoms with van der Waals surface area (Å²) in [6.45, 7) is 4.95. The minimum Gasteiger partial charge on any atom is -0.243 e. The fourth-order valence-corrected chi connectivity index (χ4v) is 2.57. The molecule has 1 nitrogen and oxygen atoms in total. The highest BCUT2D eigenvalue weighted by atomic mass is 19.3. The van der Waals surface area contributed by atoms with Crippen LogP contribution in [0.4, 0.5) is 17.6 Å². The summed E-state index contributed by atoms with van der Waals surface area (Å²) in [5.74, 6) is -4.67. The maximum absolute atomic E-state index is 14.6. The van der Waals surface area contributed by atoms with Crippen LogP contribution in [0.5, 0.6) is 0 Å². The molecule has 130 valence electrons. The van der Waals surface area contributed by atoms with E-state index in [0.717, 1.165) is 12.1 Å². The molecular formula is C19H21F4N. The fraction of sp³-hybridized carbons (Fsp3) is 0.368. The Kier molecular flexibility index (Phi) is 5.04. The summed E-state index contributed by atoms with van der Waals surface area (Å²) in [4.78, 5) is 0. The van der Waals surface area contributed by atoms with Gasteiger partial charge < -0.3 is 0 Å². The Bertz CT molecular complexity index is 656. The monoisotopic (exact) mass is 339 g/mol. The summed E-state index contributed by atoms with van der Waals surface area (Å²) >= 11 is 0. The summed E-state index contributed by atoms with van der Waals surface area (Å²) in [7, 11) is 0. The molecule has 5 heteroatoms. The van der Waals surface area contributed by atoms with E-state index < -0.39 is 23.1 Å². The number of alkyl halides is 4. The molecule has 0 heterocycles. The highest BCUT2D eigenvalue weighted by Gasteiger charge is 2.60. The molecule has 0 radical (unpaired) electrons. The zero-order chi connectivity index (χ0) is 18.0. The average Bonchev–Trinajstić information content (AvgIpc) is 2.55. The smallest absolute Gasteiger partial charge is 0.243 e. The molecule has 24 heavy (non-hydrogen) atoms. The second-order valence-corrected chi connectivity index (χ2v) is 6.36. The summed E-state index contributed by atoms with van der Waals surface area (Å²) in [5.41, 5.74) is -1.51. The van der Waals surface area contributed by atoms with Crippen LogP contribution in [0.1, 0.15) is 31.9 Å². The van der Waals surface area contributed by atoms with Gasteiger partial charge in [0.15, 0.2) is 0 Å². The first-order chi connectivity index (χ1) is 11.1. The normalized spacial score (nSPS) is 15.3. The maximum Gasteiger partial charge on any atom is 0.370 e. The molecule has 0 fully saturated rings. The van der Waals surface area contributed by atoms with Crippen molar-refractivity contribution in [3.05, 3.63) is 71.8 Å². The van der Waals surface area contributed by atoms with Gasteiger partial charge >= 0.3 is 12.0 Å². The summed E-state index contributed by atoms with van der Waals surface area (Å²) in [6, 6.07) is 10.2. The standard InChI is InChI=1S/C19H21F4N/c1-14(2)17(3,15-10-6-4-7-11-15)24-19(22,23)18(20,21)16-12-8-5-9-13-16/h4-14,24H,1-3H3. The summed E-state index contributed by atoms with van der Waals surface area (Å²) in [5, 5.41) is 1.94. The van der Waals surface area contributed by atoms with Gasteiger partial charge in [0.05, 0.1) is 0 Å². The van der Waals surface area contributed by atoms with E-state index in [4.69, 9.17) is 0 Å². The molecule has 2 rings (SSSR count). The van der Waals surface area contributed by atoms with E-state index in [9.17, 15) is 17.6 Å².